The number of benzene rings is 1. The summed E-state index contributed by atoms with van der Waals surface area (Å²) >= 11 is 0. The van der Waals surface area contributed by atoms with E-state index >= 15 is 0 Å². The van der Waals surface area contributed by atoms with Gasteiger partial charge in [0.15, 0.2) is 0 Å². The SMILES string of the molecule is CC(C)(C)OC(=O)N1CCN(C(=O)/C=C/c2cccc3cccnc23)CC1. The molecule has 1 saturated heterocycles. The van der Waals surface area contributed by atoms with Crippen molar-refractivity contribution in [3.05, 3.63) is 48.2 Å². The van der Waals surface area contributed by atoms with Gasteiger partial charge in [0, 0.05) is 49.4 Å². The number of pyridine rings is 1. The van der Waals surface area contributed by atoms with Crippen molar-refractivity contribution in [2.45, 2.75) is 26.4 Å². The van der Waals surface area contributed by atoms with Crippen LogP contribution >= 0.6 is 0 Å². The van der Waals surface area contributed by atoms with Crippen LogP contribution in [0, 0.1) is 0 Å². The van der Waals surface area contributed by atoms with Gasteiger partial charge in [-0.3, -0.25) is 9.78 Å². The molecule has 0 radical (unpaired) electrons. The van der Waals surface area contributed by atoms with Crippen LogP contribution in [0.2, 0.25) is 0 Å². The molecule has 0 aliphatic carbocycles. The molecule has 0 unspecified atom stereocenters. The Morgan fingerprint density at radius 2 is 1.70 bits per heavy atom. The minimum atomic E-state index is -0.515. The summed E-state index contributed by atoms with van der Waals surface area (Å²) in [6.45, 7) is 7.48. The minimum Gasteiger partial charge on any atom is -0.444 e. The van der Waals surface area contributed by atoms with Crippen LogP contribution in [0.1, 0.15) is 26.3 Å². The number of carbonyl (C=O) groups excluding carboxylic acids is 2. The molecule has 3 rings (SSSR count). The molecular formula is C21H25N3O3. The minimum absolute atomic E-state index is 0.0632. The second-order valence-electron chi connectivity index (χ2n) is 7.55. The summed E-state index contributed by atoms with van der Waals surface area (Å²) in [7, 11) is 0. The highest BCUT2D eigenvalue weighted by atomic mass is 16.6. The van der Waals surface area contributed by atoms with E-state index < -0.39 is 5.60 Å². The molecule has 0 spiro atoms. The maximum absolute atomic E-state index is 12.5. The van der Waals surface area contributed by atoms with E-state index in [0.29, 0.717) is 26.2 Å². The van der Waals surface area contributed by atoms with E-state index in [9.17, 15) is 9.59 Å². The summed E-state index contributed by atoms with van der Waals surface area (Å²) in [4.78, 5) is 32.4. The Kier molecular flexibility index (Phi) is 5.44. The van der Waals surface area contributed by atoms with Gasteiger partial charge in [-0.25, -0.2) is 4.79 Å². The average Bonchev–Trinajstić information content (AvgIpc) is 2.65. The molecule has 6 nitrogen and oxygen atoms in total. The average molecular weight is 367 g/mol. The van der Waals surface area contributed by atoms with Crippen molar-refractivity contribution in [2.75, 3.05) is 26.2 Å². The van der Waals surface area contributed by atoms with Gasteiger partial charge < -0.3 is 14.5 Å². The summed E-state index contributed by atoms with van der Waals surface area (Å²) in [6.07, 6.45) is 4.80. The lowest BCUT2D eigenvalue weighted by atomic mass is 10.1. The molecule has 2 heterocycles. The van der Waals surface area contributed by atoms with Gasteiger partial charge in [0.05, 0.1) is 5.52 Å². The van der Waals surface area contributed by atoms with Crippen LogP contribution in [0.15, 0.2) is 42.6 Å². The maximum atomic E-state index is 12.5. The van der Waals surface area contributed by atoms with Gasteiger partial charge in [0.25, 0.3) is 0 Å². The predicted octanol–water partition coefficient (Wildman–Crippen LogP) is 3.33. The first kappa shape index (κ1) is 18.9. The van der Waals surface area contributed by atoms with Crippen molar-refractivity contribution in [1.29, 1.82) is 0 Å². The maximum Gasteiger partial charge on any atom is 0.410 e. The number of hydrogen-bond acceptors (Lipinski definition) is 4. The van der Waals surface area contributed by atoms with Crippen LogP contribution < -0.4 is 0 Å². The summed E-state index contributed by atoms with van der Waals surface area (Å²) in [5.74, 6) is -0.0632. The van der Waals surface area contributed by atoms with Gasteiger partial charge in [-0.2, -0.15) is 0 Å². The highest BCUT2D eigenvalue weighted by Gasteiger charge is 2.26. The van der Waals surface area contributed by atoms with Crippen LogP contribution in [-0.2, 0) is 9.53 Å². The number of para-hydroxylation sites is 1. The second kappa shape index (κ2) is 7.78. The molecule has 0 N–H and O–H groups in total. The topological polar surface area (TPSA) is 62.7 Å². The van der Waals surface area contributed by atoms with Gasteiger partial charge in [-0.05, 0) is 32.9 Å². The third-order valence-corrected chi connectivity index (χ3v) is 4.31. The number of hydrogen-bond donors (Lipinski definition) is 0. The predicted molar refractivity (Wildman–Crippen MR) is 105 cm³/mol. The Morgan fingerprint density at radius 1 is 1.04 bits per heavy atom. The molecule has 142 valence electrons. The second-order valence-corrected chi connectivity index (χ2v) is 7.55. The van der Waals surface area contributed by atoms with E-state index in [1.165, 1.54) is 0 Å². The number of rotatable bonds is 2. The van der Waals surface area contributed by atoms with E-state index in [1.807, 2.05) is 51.1 Å². The van der Waals surface area contributed by atoms with Gasteiger partial charge >= 0.3 is 6.09 Å². The van der Waals surface area contributed by atoms with Crippen LogP contribution in [0.25, 0.3) is 17.0 Å². The van der Waals surface area contributed by atoms with E-state index in [4.69, 9.17) is 4.74 Å². The molecule has 0 bridgehead atoms. The zero-order valence-corrected chi connectivity index (χ0v) is 16.0. The Bertz CT molecular complexity index is 857. The summed E-state index contributed by atoms with van der Waals surface area (Å²) in [5, 5.41) is 1.04. The largest absolute Gasteiger partial charge is 0.444 e. The Balaban J connectivity index is 1.60. The number of amides is 2. The van der Waals surface area contributed by atoms with Crippen LogP contribution in [0.4, 0.5) is 4.79 Å². The molecule has 1 aromatic carbocycles. The first-order valence-corrected chi connectivity index (χ1v) is 9.12. The lowest BCUT2D eigenvalue weighted by Gasteiger charge is -2.35. The Labute approximate surface area is 159 Å². The first-order chi connectivity index (χ1) is 12.8. The van der Waals surface area contributed by atoms with Crippen molar-refractivity contribution in [3.63, 3.8) is 0 Å². The number of fused-ring (bicyclic) bond motifs is 1. The fraction of sp³-hybridized carbons (Fsp3) is 0.381. The van der Waals surface area contributed by atoms with Crippen LogP contribution in [0.5, 0.6) is 0 Å². The summed E-state index contributed by atoms with van der Waals surface area (Å²) in [5.41, 5.74) is 1.27. The normalized spacial score (nSPS) is 15.4. The Hall–Kier alpha value is -2.89. The standard InChI is InChI=1S/C21H25N3O3/c1-21(2,3)27-20(26)24-14-12-23(13-15-24)18(25)10-9-17-7-4-6-16-8-5-11-22-19(16)17/h4-11H,12-15H2,1-3H3/b10-9+. The molecular weight excluding hydrogens is 342 g/mol. The van der Waals surface area contributed by atoms with Crippen LogP contribution in [0.3, 0.4) is 0 Å². The summed E-state index contributed by atoms with van der Waals surface area (Å²) < 4.78 is 5.38. The van der Waals surface area contributed by atoms with Crippen molar-refractivity contribution in [1.82, 2.24) is 14.8 Å². The highest BCUT2D eigenvalue weighted by Crippen LogP contribution is 2.17. The molecule has 27 heavy (non-hydrogen) atoms. The first-order valence-electron chi connectivity index (χ1n) is 9.12. The van der Waals surface area contributed by atoms with Crippen molar-refractivity contribution >= 4 is 29.0 Å². The van der Waals surface area contributed by atoms with E-state index in [2.05, 4.69) is 4.98 Å². The van der Waals surface area contributed by atoms with E-state index in [-0.39, 0.29) is 12.0 Å². The monoisotopic (exact) mass is 367 g/mol. The molecule has 1 fully saturated rings. The smallest absolute Gasteiger partial charge is 0.410 e. The molecule has 1 aliphatic heterocycles. The lowest BCUT2D eigenvalue weighted by Crippen LogP contribution is -2.51. The number of piperazine rings is 1. The summed E-state index contributed by atoms with van der Waals surface area (Å²) in [6, 6.07) is 9.78. The van der Waals surface area contributed by atoms with Gasteiger partial charge in [0.2, 0.25) is 5.91 Å². The van der Waals surface area contributed by atoms with Crippen molar-refractivity contribution < 1.29 is 14.3 Å². The quantitative estimate of drug-likeness (QED) is 0.764. The lowest BCUT2D eigenvalue weighted by molar-refractivity contribution is -0.127. The molecule has 1 aromatic heterocycles. The number of nitrogens with zero attached hydrogens (tertiary/aromatic N) is 3. The third-order valence-electron chi connectivity index (χ3n) is 4.31. The molecule has 1 aliphatic rings. The molecule has 0 saturated carbocycles. The molecule has 6 heteroatoms. The zero-order valence-electron chi connectivity index (χ0n) is 16.0. The fourth-order valence-corrected chi connectivity index (χ4v) is 2.96. The molecule has 0 atom stereocenters. The Morgan fingerprint density at radius 3 is 2.41 bits per heavy atom. The highest BCUT2D eigenvalue weighted by molar-refractivity contribution is 5.95. The molecule has 2 amide bonds. The number of ether oxygens (including phenoxy) is 1. The van der Waals surface area contributed by atoms with Gasteiger partial charge in [-0.1, -0.05) is 24.3 Å². The van der Waals surface area contributed by atoms with Gasteiger partial charge in [0.1, 0.15) is 5.60 Å². The van der Waals surface area contributed by atoms with Crippen molar-refractivity contribution in [3.8, 4) is 0 Å². The van der Waals surface area contributed by atoms with E-state index in [1.54, 1.807) is 28.1 Å². The van der Waals surface area contributed by atoms with Gasteiger partial charge in [-0.15, -0.1) is 0 Å². The zero-order chi connectivity index (χ0) is 19.4. The van der Waals surface area contributed by atoms with Crippen LogP contribution in [-0.4, -0.2) is 58.6 Å². The number of carbonyl (C=O) groups is 2. The third kappa shape index (κ3) is 4.84. The fourth-order valence-electron chi connectivity index (χ4n) is 2.96. The van der Waals surface area contributed by atoms with Crippen molar-refractivity contribution in [2.24, 2.45) is 0 Å². The molecule has 2 aromatic rings. The van der Waals surface area contributed by atoms with E-state index in [0.717, 1.165) is 16.5 Å². The number of aromatic nitrogens is 1.